The molecule has 0 N–H and O–H groups in total. The van der Waals surface area contributed by atoms with Crippen LogP contribution in [-0.4, -0.2) is 56.1 Å². The van der Waals surface area contributed by atoms with Gasteiger partial charge >= 0.3 is 0 Å². The monoisotopic (exact) mass is 274 g/mol. The van der Waals surface area contributed by atoms with Gasteiger partial charge in [0.2, 0.25) is 10.0 Å². The molecule has 0 aromatic heterocycles. The molecule has 0 unspecified atom stereocenters. The molecule has 1 saturated carbocycles. The molecule has 2 aliphatic rings. The predicted molar refractivity (Wildman–Crippen MR) is 74.0 cm³/mol. The van der Waals surface area contributed by atoms with Crippen molar-refractivity contribution in [3.05, 3.63) is 0 Å². The van der Waals surface area contributed by atoms with Crippen LogP contribution in [0.2, 0.25) is 0 Å². The fourth-order valence-corrected chi connectivity index (χ4v) is 3.82. The van der Waals surface area contributed by atoms with E-state index in [2.05, 4.69) is 25.7 Å². The zero-order chi connectivity index (χ0) is 13.6. The van der Waals surface area contributed by atoms with Crippen LogP contribution in [0.5, 0.6) is 0 Å². The largest absolute Gasteiger partial charge is 0.298 e. The highest BCUT2D eigenvalue weighted by Crippen LogP contribution is 2.43. The molecule has 0 atom stereocenters. The van der Waals surface area contributed by atoms with E-state index in [0.29, 0.717) is 24.5 Å². The van der Waals surface area contributed by atoms with Crippen molar-refractivity contribution in [2.75, 3.05) is 32.4 Å². The summed E-state index contributed by atoms with van der Waals surface area (Å²) in [4.78, 5) is 2.48. The maximum Gasteiger partial charge on any atom is 0.211 e. The fraction of sp³-hybridized carbons (Fsp3) is 1.00. The zero-order valence-corrected chi connectivity index (χ0v) is 12.8. The van der Waals surface area contributed by atoms with E-state index in [1.165, 1.54) is 19.1 Å². The quantitative estimate of drug-likeness (QED) is 0.764. The Hall–Kier alpha value is -0.130. The molecule has 1 aliphatic carbocycles. The summed E-state index contributed by atoms with van der Waals surface area (Å²) in [6.07, 6.45) is 3.87. The lowest BCUT2D eigenvalue weighted by Crippen LogP contribution is -2.56. The van der Waals surface area contributed by atoms with E-state index in [-0.39, 0.29) is 0 Å². The van der Waals surface area contributed by atoms with Crippen LogP contribution in [0.1, 0.15) is 33.6 Å². The fourth-order valence-electron chi connectivity index (χ4n) is 2.99. The molecule has 4 nitrogen and oxygen atoms in total. The molecule has 0 spiro atoms. The van der Waals surface area contributed by atoms with Crippen molar-refractivity contribution in [2.45, 2.75) is 39.7 Å². The molecule has 1 saturated heterocycles. The Labute approximate surface area is 111 Å². The van der Waals surface area contributed by atoms with E-state index in [9.17, 15) is 8.42 Å². The van der Waals surface area contributed by atoms with Gasteiger partial charge in [-0.2, -0.15) is 4.31 Å². The van der Waals surface area contributed by atoms with Crippen LogP contribution in [0.15, 0.2) is 0 Å². The molecule has 106 valence electrons. The molecule has 1 aliphatic heterocycles. The summed E-state index contributed by atoms with van der Waals surface area (Å²) in [6, 6.07) is 0.691. The number of hydrogen-bond donors (Lipinski definition) is 0. The molecule has 5 heteroatoms. The maximum absolute atomic E-state index is 11.4. The molecular formula is C13H26N2O2S. The first-order valence-corrected chi connectivity index (χ1v) is 8.72. The topological polar surface area (TPSA) is 40.6 Å². The van der Waals surface area contributed by atoms with Crippen LogP contribution in [0.3, 0.4) is 0 Å². The average Bonchev–Trinajstić information content (AvgIpc) is 2.12. The van der Waals surface area contributed by atoms with Gasteiger partial charge in [-0.1, -0.05) is 20.8 Å². The first kappa shape index (κ1) is 14.3. The van der Waals surface area contributed by atoms with Gasteiger partial charge in [0.1, 0.15) is 0 Å². The van der Waals surface area contributed by atoms with Crippen molar-refractivity contribution < 1.29 is 8.42 Å². The van der Waals surface area contributed by atoms with Crippen LogP contribution in [0, 0.1) is 11.3 Å². The Balaban J connectivity index is 1.79. The summed E-state index contributed by atoms with van der Waals surface area (Å²) >= 11 is 0. The van der Waals surface area contributed by atoms with Crippen molar-refractivity contribution >= 4 is 10.0 Å². The Kier molecular flexibility index (Phi) is 3.78. The van der Waals surface area contributed by atoms with Gasteiger partial charge in [0, 0.05) is 32.2 Å². The summed E-state index contributed by atoms with van der Waals surface area (Å²) in [5.74, 6) is 0.829. The third-order valence-corrected chi connectivity index (χ3v) is 5.90. The van der Waals surface area contributed by atoms with Crippen molar-refractivity contribution in [1.29, 1.82) is 0 Å². The van der Waals surface area contributed by atoms with Gasteiger partial charge in [0.25, 0.3) is 0 Å². The molecule has 0 aromatic carbocycles. The Bertz CT molecular complexity index is 386. The number of hydrogen-bond acceptors (Lipinski definition) is 3. The highest BCUT2D eigenvalue weighted by atomic mass is 32.2. The number of sulfonamides is 1. The van der Waals surface area contributed by atoms with Crippen molar-refractivity contribution in [2.24, 2.45) is 11.3 Å². The van der Waals surface area contributed by atoms with Gasteiger partial charge in [-0.25, -0.2) is 8.42 Å². The smallest absolute Gasteiger partial charge is 0.211 e. The lowest BCUT2D eigenvalue weighted by molar-refractivity contribution is 0.00669. The Morgan fingerprint density at radius 3 is 1.89 bits per heavy atom. The molecule has 18 heavy (non-hydrogen) atoms. The molecule has 0 amide bonds. The van der Waals surface area contributed by atoms with Gasteiger partial charge in [0.15, 0.2) is 0 Å². The normalized spacial score (nSPS) is 32.2. The molecule has 0 aromatic rings. The predicted octanol–water partition coefficient (Wildman–Crippen LogP) is 1.39. The van der Waals surface area contributed by atoms with Crippen LogP contribution in [0.4, 0.5) is 0 Å². The van der Waals surface area contributed by atoms with E-state index >= 15 is 0 Å². The first-order valence-electron chi connectivity index (χ1n) is 6.87. The number of nitrogens with zero attached hydrogens (tertiary/aromatic N) is 2. The highest BCUT2D eigenvalue weighted by Gasteiger charge is 2.40. The summed E-state index contributed by atoms with van der Waals surface area (Å²) in [7, 11) is -2.99. The molecular weight excluding hydrogens is 248 g/mol. The molecule has 1 heterocycles. The summed E-state index contributed by atoms with van der Waals surface area (Å²) < 4.78 is 24.5. The van der Waals surface area contributed by atoms with Crippen LogP contribution in [0.25, 0.3) is 0 Å². The third kappa shape index (κ3) is 3.06. The molecule has 0 bridgehead atoms. The second kappa shape index (κ2) is 4.76. The zero-order valence-electron chi connectivity index (χ0n) is 12.0. The minimum Gasteiger partial charge on any atom is -0.298 e. The van der Waals surface area contributed by atoms with E-state index in [1.54, 1.807) is 4.31 Å². The minimum atomic E-state index is -2.99. The van der Waals surface area contributed by atoms with Crippen LogP contribution < -0.4 is 0 Å². The average molecular weight is 274 g/mol. The lowest BCUT2D eigenvalue weighted by Gasteiger charge is -2.50. The van der Waals surface area contributed by atoms with Crippen molar-refractivity contribution in [1.82, 2.24) is 9.21 Å². The molecule has 2 rings (SSSR count). The minimum absolute atomic E-state index is 0.422. The van der Waals surface area contributed by atoms with E-state index in [0.717, 1.165) is 19.0 Å². The van der Waals surface area contributed by atoms with Crippen LogP contribution in [-0.2, 0) is 10.0 Å². The molecule has 2 fully saturated rings. The van der Waals surface area contributed by atoms with Crippen molar-refractivity contribution in [3.63, 3.8) is 0 Å². The van der Waals surface area contributed by atoms with Gasteiger partial charge in [0.05, 0.1) is 6.26 Å². The third-order valence-electron chi connectivity index (χ3n) is 4.60. The Morgan fingerprint density at radius 2 is 1.50 bits per heavy atom. The lowest BCUT2D eigenvalue weighted by atomic mass is 9.65. The first-order chi connectivity index (χ1) is 8.18. The molecule has 0 radical (unpaired) electrons. The highest BCUT2D eigenvalue weighted by molar-refractivity contribution is 7.88. The second-order valence-electron chi connectivity index (χ2n) is 6.89. The van der Waals surface area contributed by atoms with E-state index in [1.807, 2.05) is 0 Å². The maximum atomic E-state index is 11.4. The second-order valence-corrected chi connectivity index (χ2v) is 8.87. The standard InChI is InChI=1S/C13H26N2O2S/c1-13(2,3)11-9-12(10-11)14-5-7-15(8-6-14)18(4,16)17/h11-12H,5-10H2,1-4H3. The van der Waals surface area contributed by atoms with Gasteiger partial charge in [-0.05, 0) is 24.2 Å². The van der Waals surface area contributed by atoms with E-state index < -0.39 is 10.0 Å². The van der Waals surface area contributed by atoms with E-state index in [4.69, 9.17) is 0 Å². The van der Waals surface area contributed by atoms with Crippen molar-refractivity contribution in [3.8, 4) is 0 Å². The van der Waals surface area contributed by atoms with Gasteiger partial charge < -0.3 is 0 Å². The van der Waals surface area contributed by atoms with Gasteiger partial charge in [-0.3, -0.25) is 4.90 Å². The Morgan fingerprint density at radius 1 is 1.00 bits per heavy atom. The number of piperazine rings is 1. The van der Waals surface area contributed by atoms with Crippen LogP contribution >= 0.6 is 0 Å². The summed E-state index contributed by atoms with van der Waals surface area (Å²) in [5.41, 5.74) is 0.422. The summed E-state index contributed by atoms with van der Waals surface area (Å²) in [5, 5.41) is 0. The van der Waals surface area contributed by atoms with Gasteiger partial charge in [-0.15, -0.1) is 0 Å². The summed E-state index contributed by atoms with van der Waals surface area (Å²) in [6.45, 7) is 10.1. The SMILES string of the molecule is CC(C)(C)C1CC(N2CCN(S(C)(=O)=O)CC2)C1. The number of rotatable bonds is 2.